The van der Waals surface area contributed by atoms with Gasteiger partial charge in [-0.1, -0.05) is 39.7 Å². The molecule has 1 unspecified atom stereocenters. The molecule has 1 fully saturated rings. The lowest BCUT2D eigenvalue weighted by atomic mass is 10.0. The zero-order valence-corrected chi connectivity index (χ0v) is 15.5. The van der Waals surface area contributed by atoms with Crippen molar-refractivity contribution in [2.45, 2.75) is 71.9 Å². The highest BCUT2D eigenvalue weighted by molar-refractivity contribution is 6.06. The molecule has 0 spiro atoms. The molecule has 1 saturated heterocycles. The van der Waals surface area contributed by atoms with Crippen molar-refractivity contribution >= 4 is 29.3 Å². The van der Waals surface area contributed by atoms with Gasteiger partial charge in [-0.25, -0.2) is 0 Å². The van der Waals surface area contributed by atoms with Crippen LogP contribution in [-0.2, 0) is 20.9 Å². The van der Waals surface area contributed by atoms with Crippen LogP contribution in [0.2, 0.25) is 0 Å². The van der Waals surface area contributed by atoms with Gasteiger partial charge in [-0.2, -0.15) is 0 Å². The lowest BCUT2D eigenvalue weighted by molar-refractivity contribution is -0.137. The molecule has 1 aromatic rings. The van der Waals surface area contributed by atoms with Crippen LogP contribution >= 0.6 is 0 Å². The van der Waals surface area contributed by atoms with Crippen LogP contribution in [-0.4, -0.2) is 34.6 Å². The molecule has 3 rings (SSSR count). The lowest BCUT2D eigenvalue weighted by Gasteiger charge is -2.29. The van der Waals surface area contributed by atoms with Crippen LogP contribution in [0.3, 0.4) is 0 Å². The number of amides is 4. The first-order valence-corrected chi connectivity index (χ1v) is 9.57. The minimum absolute atomic E-state index is 0. The molecular weight excluding hydrogens is 358 g/mol. The molecule has 7 nitrogen and oxygen atoms in total. The average molecular weight is 387 g/mol. The van der Waals surface area contributed by atoms with Crippen LogP contribution in [0.5, 0.6) is 0 Å². The molecule has 1 atom stereocenters. The molecule has 28 heavy (non-hydrogen) atoms. The maximum absolute atomic E-state index is 12.8. The molecule has 152 valence electrons. The fourth-order valence-electron chi connectivity index (χ4n) is 3.63. The quantitative estimate of drug-likeness (QED) is 0.555. The van der Waals surface area contributed by atoms with Crippen molar-refractivity contribution in [3.8, 4) is 0 Å². The first-order chi connectivity index (χ1) is 13.0. The number of unbranched alkanes of at least 4 members (excludes halogenated alkanes) is 3. The number of imide groups is 1. The molecule has 0 radical (unpaired) electrons. The molecule has 7 heteroatoms. The Bertz CT molecular complexity index is 775. The van der Waals surface area contributed by atoms with E-state index in [0.29, 0.717) is 24.1 Å². The van der Waals surface area contributed by atoms with Crippen molar-refractivity contribution in [3.05, 3.63) is 29.3 Å². The number of carbonyl (C=O) groups excluding carboxylic acids is 4. The monoisotopic (exact) mass is 387 g/mol. The number of rotatable bonds is 7. The third-order valence-electron chi connectivity index (χ3n) is 5.11. The maximum Gasteiger partial charge on any atom is 0.255 e. The van der Waals surface area contributed by atoms with Gasteiger partial charge in [0.25, 0.3) is 5.91 Å². The standard InChI is InChI=1S/C20H25N3O4.CH4/c1-2-3-4-5-9-17(24)21-15-8-6-7-13-14(15)12-23(20(13)27)16-10-11-18(25)22-19(16)26;/h6-8,16H,2-5,9-12H2,1H3,(H,21,24)(H,22,25,26);1H4. The summed E-state index contributed by atoms with van der Waals surface area (Å²) in [5, 5.41) is 5.20. The normalized spacial score (nSPS) is 18.4. The minimum atomic E-state index is -0.653. The number of anilines is 1. The Morgan fingerprint density at radius 2 is 2.00 bits per heavy atom. The van der Waals surface area contributed by atoms with Crippen LogP contribution < -0.4 is 10.6 Å². The number of carbonyl (C=O) groups is 4. The van der Waals surface area contributed by atoms with E-state index >= 15 is 0 Å². The topological polar surface area (TPSA) is 95.6 Å². The van der Waals surface area contributed by atoms with Gasteiger partial charge in [-0.3, -0.25) is 24.5 Å². The van der Waals surface area contributed by atoms with Crippen molar-refractivity contribution in [1.82, 2.24) is 10.2 Å². The Labute approximate surface area is 165 Å². The average Bonchev–Trinajstić information content (AvgIpc) is 2.97. The Hall–Kier alpha value is -2.70. The van der Waals surface area contributed by atoms with Crippen LogP contribution in [0.25, 0.3) is 0 Å². The van der Waals surface area contributed by atoms with E-state index in [9.17, 15) is 19.2 Å². The molecule has 2 heterocycles. The predicted octanol–water partition coefficient (Wildman–Crippen LogP) is 2.99. The number of piperidine rings is 1. The summed E-state index contributed by atoms with van der Waals surface area (Å²) in [6, 6.07) is 4.57. The minimum Gasteiger partial charge on any atom is -0.326 e. The van der Waals surface area contributed by atoms with Gasteiger partial charge in [0.1, 0.15) is 6.04 Å². The second-order valence-corrected chi connectivity index (χ2v) is 7.09. The van der Waals surface area contributed by atoms with E-state index < -0.39 is 11.9 Å². The number of fused-ring (bicyclic) bond motifs is 1. The smallest absolute Gasteiger partial charge is 0.255 e. The van der Waals surface area contributed by atoms with Gasteiger partial charge in [0.2, 0.25) is 17.7 Å². The molecule has 0 saturated carbocycles. The fraction of sp³-hybridized carbons (Fsp3) is 0.524. The zero-order valence-electron chi connectivity index (χ0n) is 15.5. The second-order valence-electron chi connectivity index (χ2n) is 7.09. The highest BCUT2D eigenvalue weighted by Gasteiger charge is 2.39. The molecule has 4 amide bonds. The van der Waals surface area contributed by atoms with Gasteiger partial charge in [-0.05, 0) is 25.0 Å². The molecule has 2 N–H and O–H groups in total. The number of nitrogens with one attached hydrogen (secondary N) is 2. The summed E-state index contributed by atoms with van der Waals surface area (Å²) < 4.78 is 0. The van der Waals surface area contributed by atoms with Crippen LogP contribution in [0.1, 0.15) is 75.2 Å². The molecule has 0 bridgehead atoms. The molecule has 1 aromatic carbocycles. The molecule has 2 aliphatic heterocycles. The Balaban J connectivity index is 0.00000280. The highest BCUT2D eigenvalue weighted by atomic mass is 16.2. The second kappa shape index (κ2) is 9.48. The highest BCUT2D eigenvalue weighted by Crippen LogP contribution is 2.32. The third kappa shape index (κ3) is 4.58. The van der Waals surface area contributed by atoms with Crippen molar-refractivity contribution in [2.24, 2.45) is 0 Å². The summed E-state index contributed by atoms with van der Waals surface area (Å²) in [6.07, 6.45) is 5.10. The number of benzene rings is 1. The van der Waals surface area contributed by atoms with Crippen LogP contribution in [0.4, 0.5) is 5.69 Å². The number of nitrogens with zero attached hydrogens (tertiary/aromatic N) is 1. The van der Waals surface area contributed by atoms with Gasteiger partial charge in [0, 0.05) is 36.2 Å². The molecule has 0 aliphatic carbocycles. The van der Waals surface area contributed by atoms with E-state index in [1.165, 1.54) is 4.90 Å². The molecule has 0 aromatic heterocycles. The van der Waals surface area contributed by atoms with Gasteiger partial charge in [-0.15, -0.1) is 0 Å². The van der Waals surface area contributed by atoms with E-state index in [2.05, 4.69) is 17.6 Å². The van der Waals surface area contributed by atoms with Gasteiger partial charge < -0.3 is 10.2 Å². The lowest BCUT2D eigenvalue weighted by Crippen LogP contribution is -2.52. The Kier molecular flexibility index (Phi) is 7.31. The van der Waals surface area contributed by atoms with Crippen molar-refractivity contribution in [3.63, 3.8) is 0 Å². The summed E-state index contributed by atoms with van der Waals surface area (Å²) in [4.78, 5) is 49.9. The van der Waals surface area contributed by atoms with E-state index in [4.69, 9.17) is 0 Å². The van der Waals surface area contributed by atoms with Crippen LogP contribution in [0.15, 0.2) is 18.2 Å². The van der Waals surface area contributed by atoms with Gasteiger partial charge >= 0.3 is 0 Å². The van der Waals surface area contributed by atoms with Crippen molar-refractivity contribution in [1.29, 1.82) is 0 Å². The summed E-state index contributed by atoms with van der Waals surface area (Å²) in [5.74, 6) is -1.05. The Morgan fingerprint density at radius 1 is 1.21 bits per heavy atom. The van der Waals surface area contributed by atoms with Crippen LogP contribution in [0, 0.1) is 0 Å². The molecule has 2 aliphatic rings. The SMILES string of the molecule is C.CCCCCCC(=O)Nc1cccc2c1CN(C1CCC(=O)NC1=O)C2=O. The van der Waals surface area contributed by atoms with Crippen molar-refractivity contribution < 1.29 is 19.2 Å². The fourth-order valence-corrected chi connectivity index (χ4v) is 3.63. The number of hydrogen-bond donors (Lipinski definition) is 2. The Morgan fingerprint density at radius 3 is 2.71 bits per heavy atom. The van der Waals surface area contributed by atoms with E-state index in [1.807, 2.05) is 0 Å². The maximum atomic E-state index is 12.8. The summed E-state index contributed by atoms with van der Waals surface area (Å²) in [7, 11) is 0. The van der Waals surface area contributed by atoms with Gasteiger partial charge in [0.05, 0.1) is 0 Å². The third-order valence-corrected chi connectivity index (χ3v) is 5.11. The number of hydrogen-bond acceptors (Lipinski definition) is 4. The van der Waals surface area contributed by atoms with E-state index in [1.54, 1.807) is 18.2 Å². The molecular formula is C21H29N3O4. The largest absolute Gasteiger partial charge is 0.326 e. The van der Waals surface area contributed by atoms with E-state index in [-0.39, 0.29) is 38.1 Å². The van der Waals surface area contributed by atoms with Gasteiger partial charge in [0.15, 0.2) is 0 Å². The van der Waals surface area contributed by atoms with Crippen molar-refractivity contribution in [2.75, 3.05) is 5.32 Å². The summed E-state index contributed by atoms with van der Waals surface area (Å²) in [6.45, 7) is 2.38. The zero-order chi connectivity index (χ0) is 19.4. The summed E-state index contributed by atoms with van der Waals surface area (Å²) >= 11 is 0. The predicted molar refractivity (Wildman–Crippen MR) is 107 cm³/mol. The first-order valence-electron chi connectivity index (χ1n) is 9.57. The van der Waals surface area contributed by atoms with E-state index in [0.717, 1.165) is 31.2 Å². The first kappa shape index (κ1) is 21.6. The summed E-state index contributed by atoms with van der Waals surface area (Å²) in [5.41, 5.74) is 1.86.